The Labute approximate surface area is 148 Å². The average Bonchev–Trinajstić information content (AvgIpc) is 2.99. The number of thioether (sulfide) groups is 1. The Hall–Kier alpha value is -0.470. The highest BCUT2D eigenvalue weighted by atomic mass is 35.5. The lowest BCUT2D eigenvalue weighted by molar-refractivity contribution is -0.134. The molecule has 2 aliphatic rings. The van der Waals surface area contributed by atoms with Crippen molar-refractivity contribution in [3.63, 3.8) is 0 Å². The molecule has 1 unspecified atom stereocenters. The number of hydrogen-bond acceptors (Lipinski definition) is 5. The van der Waals surface area contributed by atoms with Gasteiger partial charge in [0.2, 0.25) is 11.8 Å². The van der Waals surface area contributed by atoms with Gasteiger partial charge in [-0.05, 0) is 0 Å². The predicted molar refractivity (Wildman–Crippen MR) is 95.0 cm³/mol. The van der Waals surface area contributed by atoms with Crippen molar-refractivity contribution >= 4 is 48.4 Å². The van der Waals surface area contributed by atoms with Crippen molar-refractivity contribution in [2.45, 2.75) is 6.04 Å². The van der Waals surface area contributed by atoms with Crippen LogP contribution in [-0.4, -0.2) is 78.6 Å². The molecule has 1 atom stereocenters. The Morgan fingerprint density at radius 2 is 1.95 bits per heavy atom. The van der Waals surface area contributed by atoms with Gasteiger partial charge in [0.25, 0.3) is 0 Å². The van der Waals surface area contributed by atoms with Crippen LogP contribution in [0.1, 0.15) is 0 Å². The van der Waals surface area contributed by atoms with Crippen LogP contribution in [0.5, 0.6) is 0 Å². The molecule has 2 saturated heterocycles. The van der Waals surface area contributed by atoms with Crippen molar-refractivity contribution in [3.05, 3.63) is 12.7 Å². The zero-order chi connectivity index (χ0) is 14.4. The van der Waals surface area contributed by atoms with Gasteiger partial charge in [-0.15, -0.1) is 43.2 Å². The Kier molecular flexibility index (Phi) is 10.9. The molecule has 0 aromatic carbocycles. The van der Waals surface area contributed by atoms with Gasteiger partial charge in [-0.1, -0.05) is 6.08 Å². The van der Waals surface area contributed by atoms with E-state index in [4.69, 9.17) is 0 Å². The third-order valence-electron chi connectivity index (χ3n) is 3.51. The first-order valence-electron chi connectivity index (χ1n) is 6.90. The molecule has 6 nitrogen and oxygen atoms in total. The number of nitrogens with zero attached hydrogens (tertiary/aromatic N) is 2. The van der Waals surface area contributed by atoms with Gasteiger partial charge in [0.15, 0.2) is 0 Å². The molecule has 0 saturated carbocycles. The van der Waals surface area contributed by atoms with Gasteiger partial charge in [0.05, 0.1) is 12.6 Å². The van der Waals surface area contributed by atoms with E-state index < -0.39 is 0 Å². The summed E-state index contributed by atoms with van der Waals surface area (Å²) >= 11 is 1.76. The third kappa shape index (κ3) is 6.34. The molecule has 0 radical (unpaired) electrons. The molecular weight excluding hydrogens is 347 g/mol. The topological polar surface area (TPSA) is 64.7 Å². The van der Waals surface area contributed by atoms with E-state index in [1.165, 1.54) is 0 Å². The van der Waals surface area contributed by atoms with Gasteiger partial charge in [0, 0.05) is 44.4 Å². The second-order valence-corrected chi connectivity index (χ2v) is 6.00. The molecule has 2 rings (SSSR count). The summed E-state index contributed by atoms with van der Waals surface area (Å²) in [5.74, 6) is 1.94. The Morgan fingerprint density at radius 3 is 2.50 bits per heavy atom. The van der Waals surface area contributed by atoms with E-state index in [1.807, 2.05) is 4.90 Å². The lowest BCUT2D eigenvalue weighted by Crippen LogP contribution is -2.54. The summed E-state index contributed by atoms with van der Waals surface area (Å²) in [6, 6.07) is -0.0255. The van der Waals surface area contributed by atoms with Crippen LogP contribution in [0.4, 0.5) is 0 Å². The minimum Gasteiger partial charge on any atom is -0.352 e. The lowest BCUT2D eigenvalue weighted by Gasteiger charge is -2.35. The molecule has 2 fully saturated rings. The van der Waals surface area contributed by atoms with Gasteiger partial charge in [-0.3, -0.25) is 19.8 Å². The maximum absolute atomic E-state index is 12.2. The van der Waals surface area contributed by atoms with Crippen LogP contribution in [0.25, 0.3) is 0 Å². The molecule has 0 bridgehead atoms. The van der Waals surface area contributed by atoms with Gasteiger partial charge < -0.3 is 10.2 Å². The van der Waals surface area contributed by atoms with Crippen LogP contribution >= 0.6 is 36.6 Å². The molecule has 0 spiro atoms. The number of piperazine rings is 1. The van der Waals surface area contributed by atoms with Crippen molar-refractivity contribution < 1.29 is 9.59 Å². The smallest absolute Gasteiger partial charge is 0.240 e. The van der Waals surface area contributed by atoms with Crippen molar-refractivity contribution in [2.24, 2.45) is 0 Å². The van der Waals surface area contributed by atoms with Crippen LogP contribution in [-0.2, 0) is 9.59 Å². The summed E-state index contributed by atoms with van der Waals surface area (Å²) in [7, 11) is 0. The minimum absolute atomic E-state index is 0. The van der Waals surface area contributed by atoms with E-state index in [-0.39, 0.29) is 42.7 Å². The van der Waals surface area contributed by atoms with Gasteiger partial charge >= 0.3 is 0 Å². The highest BCUT2D eigenvalue weighted by molar-refractivity contribution is 7.99. The van der Waals surface area contributed by atoms with Gasteiger partial charge in [0.1, 0.15) is 0 Å². The molecule has 22 heavy (non-hydrogen) atoms. The largest absolute Gasteiger partial charge is 0.352 e. The van der Waals surface area contributed by atoms with Crippen LogP contribution < -0.4 is 10.6 Å². The fourth-order valence-corrected chi connectivity index (χ4v) is 3.28. The monoisotopic (exact) mass is 370 g/mol. The summed E-state index contributed by atoms with van der Waals surface area (Å²) in [5.41, 5.74) is 0. The number of nitrogens with one attached hydrogen (secondary N) is 2. The van der Waals surface area contributed by atoms with E-state index in [9.17, 15) is 9.59 Å². The van der Waals surface area contributed by atoms with E-state index in [1.54, 1.807) is 17.8 Å². The number of carbonyl (C=O) groups excluding carboxylic acids is 2. The molecule has 2 amide bonds. The quantitative estimate of drug-likeness (QED) is 0.663. The number of amides is 2. The van der Waals surface area contributed by atoms with Crippen LogP contribution in [0.2, 0.25) is 0 Å². The third-order valence-corrected chi connectivity index (χ3v) is 4.45. The fraction of sp³-hybridized carbons (Fsp3) is 0.692. The Morgan fingerprint density at radius 1 is 1.27 bits per heavy atom. The van der Waals surface area contributed by atoms with Crippen LogP contribution in [0, 0.1) is 0 Å². The number of halogens is 2. The molecule has 9 heteroatoms. The standard InChI is InChI=1S/C13H22N4O2S.2ClH/c1-2-3-14-12(18)8-16-4-6-17(7-5-16)13(19)11-9-20-10-15-11;;/h2,11,15H,1,3-10H2,(H,14,18);2*1H. The molecule has 2 aliphatic heterocycles. The molecule has 0 aromatic heterocycles. The van der Waals surface area contributed by atoms with Crippen LogP contribution in [0.3, 0.4) is 0 Å². The van der Waals surface area contributed by atoms with Crippen molar-refractivity contribution in [3.8, 4) is 0 Å². The van der Waals surface area contributed by atoms with Crippen LogP contribution in [0.15, 0.2) is 12.7 Å². The van der Waals surface area contributed by atoms with Gasteiger partial charge in [-0.2, -0.15) is 0 Å². The fourth-order valence-electron chi connectivity index (χ4n) is 2.35. The number of hydrogen-bond donors (Lipinski definition) is 2. The van der Waals surface area contributed by atoms with E-state index in [0.29, 0.717) is 26.2 Å². The Bertz CT molecular complexity index is 373. The molecular formula is C13H24Cl2N4O2S. The first-order chi connectivity index (χ1) is 9.70. The normalized spacial score (nSPS) is 21.5. The second-order valence-electron chi connectivity index (χ2n) is 4.97. The van der Waals surface area contributed by atoms with Crippen molar-refractivity contribution in [1.29, 1.82) is 0 Å². The summed E-state index contributed by atoms with van der Waals surface area (Å²) in [5, 5.41) is 5.97. The molecule has 0 aromatic rings. The maximum atomic E-state index is 12.2. The molecule has 2 heterocycles. The summed E-state index contributed by atoms with van der Waals surface area (Å²) in [6.45, 7) is 7.39. The molecule has 2 N–H and O–H groups in total. The first-order valence-corrected chi connectivity index (χ1v) is 8.06. The highest BCUT2D eigenvalue weighted by Gasteiger charge is 2.29. The van der Waals surface area contributed by atoms with Crippen molar-refractivity contribution in [1.82, 2.24) is 20.4 Å². The minimum atomic E-state index is -0.0255. The summed E-state index contributed by atoms with van der Waals surface area (Å²) in [6.07, 6.45) is 1.67. The highest BCUT2D eigenvalue weighted by Crippen LogP contribution is 2.13. The average molecular weight is 371 g/mol. The summed E-state index contributed by atoms with van der Waals surface area (Å²) in [4.78, 5) is 27.8. The molecule has 128 valence electrons. The zero-order valence-corrected chi connectivity index (χ0v) is 14.9. The van der Waals surface area contributed by atoms with Gasteiger partial charge in [-0.25, -0.2) is 0 Å². The second kappa shape index (κ2) is 11.1. The molecule has 0 aliphatic carbocycles. The van der Waals surface area contributed by atoms with E-state index in [2.05, 4.69) is 22.1 Å². The van der Waals surface area contributed by atoms with E-state index in [0.717, 1.165) is 24.7 Å². The number of carbonyl (C=O) groups is 2. The van der Waals surface area contributed by atoms with Crippen molar-refractivity contribution in [2.75, 3.05) is 50.9 Å². The Balaban J connectivity index is 0.00000220. The van der Waals surface area contributed by atoms with E-state index >= 15 is 0 Å². The predicted octanol–water partition coefficient (Wildman–Crippen LogP) is -0.0611. The summed E-state index contributed by atoms with van der Waals surface area (Å²) < 4.78 is 0. The zero-order valence-electron chi connectivity index (χ0n) is 12.5. The number of rotatable bonds is 5. The lowest BCUT2D eigenvalue weighted by atomic mass is 10.2. The maximum Gasteiger partial charge on any atom is 0.240 e. The first kappa shape index (κ1) is 21.5. The SMILES string of the molecule is C=CCNC(=O)CN1CCN(C(=O)C2CSCN2)CC1.Cl.Cl.